The molecule has 19 heavy (non-hydrogen) atoms. The molecule has 0 atom stereocenters. The third-order valence-corrected chi connectivity index (χ3v) is 3.41. The van der Waals surface area contributed by atoms with E-state index in [1.54, 1.807) is 26.7 Å². The highest BCUT2D eigenvalue weighted by molar-refractivity contribution is 5.59. The second kappa shape index (κ2) is 5.03. The summed E-state index contributed by atoms with van der Waals surface area (Å²) in [6, 6.07) is 6.36. The smallest absolute Gasteiger partial charge is 0.200 e. The van der Waals surface area contributed by atoms with Gasteiger partial charge in [-0.1, -0.05) is 0 Å². The Hall–Kier alpha value is -1.85. The zero-order chi connectivity index (χ0) is 13.2. The lowest BCUT2D eigenvalue weighted by atomic mass is 10.1. The monoisotopic (exact) mass is 259 g/mol. The number of ether oxygens (including phenoxy) is 2. The summed E-state index contributed by atoms with van der Waals surface area (Å²) in [6.07, 6.45) is 4.20. The number of hydrogen-bond acceptors (Lipinski definition) is 4. The molecule has 0 amide bonds. The Balaban J connectivity index is 2.01. The minimum Gasteiger partial charge on any atom is -0.384 e. The van der Waals surface area contributed by atoms with Gasteiger partial charge in [0, 0.05) is 32.1 Å². The molecule has 0 unspecified atom stereocenters. The predicted molar refractivity (Wildman–Crippen MR) is 72.5 cm³/mol. The summed E-state index contributed by atoms with van der Waals surface area (Å²) >= 11 is 0. The molecule has 0 fully saturated rings. The van der Waals surface area contributed by atoms with Gasteiger partial charge in [-0.2, -0.15) is 0 Å². The quantitative estimate of drug-likeness (QED) is 0.855. The molecule has 3 rings (SSSR count). The first-order valence-electron chi connectivity index (χ1n) is 6.28. The van der Waals surface area contributed by atoms with Crippen LogP contribution in [0.25, 0.3) is 5.69 Å². The fourth-order valence-corrected chi connectivity index (χ4v) is 2.47. The van der Waals surface area contributed by atoms with E-state index in [9.17, 15) is 0 Å². The number of hydrogen-bond donors (Lipinski definition) is 1. The van der Waals surface area contributed by atoms with Gasteiger partial charge in [0.05, 0.1) is 18.2 Å². The number of methoxy groups -OCH3 is 2. The molecule has 0 saturated heterocycles. The highest BCUT2D eigenvalue weighted by Gasteiger charge is 2.17. The Kier molecular flexibility index (Phi) is 3.23. The molecule has 0 bridgehead atoms. The van der Waals surface area contributed by atoms with Crippen molar-refractivity contribution in [1.29, 1.82) is 0 Å². The molecule has 1 aliphatic heterocycles. The summed E-state index contributed by atoms with van der Waals surface area (Å²) in [6.45, 7) is 1.01. The van der Waals surface area contributed by atoms with Crippen LogP contribution >= 0.6 is 0 Å². The summed E-state index contributed by atoms with van der Waals surface area (Å²) < 4.78 is 12.6. The first-order valence-corrected chi connectivity index (χ1v) is 6.28. The van der Waals surface area contributed by atoms with Gasteiger partial charge in [0.25, 0.3) is 0 Å². The first-order chi connectivity index (χ1) is 9.33. The number of aromatic nitrogens is 2. The van der Waals surface area contributed by atoms with Crippen LogP contribution in [0.15, 0.2) is 30.7 Å². The maximum Gasteiger partial charge on any atom is 0.200 e. The third kappa shape index (κ3) is 2.11. The molecule has 1 aromatic carbocycles. The Bertz CT molecular complexity index is 576. The maximum atomic E-state index is 5.30. The minimum atomic E-state index is -0.408. The van der Waals surface area contributed by atoms with Crippen LogP contribution in [0, 0.1) is 0 Å². The molecule has 1 aromatic heterocycles. The molecule has 1 aliphatic rings. The van der Waals surface area contributed by atoms with Crippen molar-refractivity contribution >= 4 is 5.69 Å². The van der Waals surface area contributed by atoms with Crippen molar-refractivity contribution in [1.82, 2.24) is 9.55 Å². The summed E-state index contributed by atoms with van der Waals surface area (Å²) in [7, 11) is 3.25. The fourth-order valence-electron chi connectivity index (χ4n) is 2.47. The Morgan fingerprint density at radius 2 is 2.16 bits per heavy atom. The number of rotatable bonds is 4. The van der Waals surface area contributed by atoms with Crippen LogP contribution in [-0.4, -0.2) is 30.3 Å². The molecule has 5 nitrogen and oxygen atoms in total. The van der Waals surface area contributed by atoms with Crippen molar-refractivity contribution in [3.8, 4) is 5.69 Å². The van der Waals surface area contributed by atoms with Crippen LogP contribution in [0.1, 0.15) is 17.5 Å². The van der Waals surface area contributed by atoms with Gasteiger partial charge in [0.15, 0.2) is 0 Å². The van der Waals surface area contributed by atoms with E-state index in [0.717, 1.165) is 24.3 Å². The van der Waals surface area contributed by atoms with Crippen molar-refractivity contribution in [2.45, 2.75) is 12.7 Å². The SMILES string of the molecule is COC(OC)c1cncn1-c1ccc2c(c1)CCN2. The van der Waals surface area contributed by atoms with Gasteiger partial charge < -0.3 is 14.8 Å². The Morgan fingerprint density at radius 1 is 1.32 bits per heavy atom. The van der Waals surface area contributed by atoms with E-state index in [0.29, 0.717) is 0 Å². The van der Waals surface area contributed by atoms with Gasteiger partial charge >= 0.3 is 0 Å². The lowest BCUT2D eigenvalue weighted by molar-refractivity contribution is -0.109. The van der Waals surface area contributed by atoms with Crippen LogP contribution in [0.2, 0.25) is 0 Å². The fraction of sp³-hybridized carbons (Fsp3) is 0.357. The Labute approximate surface area is 112 Å². The molecule has 0 aliphatic carbocycles. The van der Waals surface area contributed by atoms with Gasteiger partial charge in [-0.05, 0) is 30.2 Å². The molecule has 0 radical (unpaired) electrons. The van der Waals surface area contributed by atoms with E-state index >= 15 is 0 Å². The van der Waals surface area contributed by atoms with Crippen molar-refractivity contribution in [2.24, 2.45) is 0 Å². The second-order valence-electron chi connectivity index (χ2n) is 4.51. The minimum absolute atomic E-state index is 0.408. The van der Waals surface area contributed by atoms with E-state index in [1.165, 1.54) is 11.3 Å². The average Bonchev–Trinajstić information content (AvgIpc) is 3.07. The van der Waals surface area contributed by atoms with E-state index < -0.39 is 6.29 Å². The molecule has 5 heteroatoms. The zero-order valence-corrected chi connectivity index (χ0v) is 11.1. The van der Waals surface area contributed by atoms with E-state index in [2.05, 4.69) is 28.5 Å². The van der Waals surface area contributed by atoms with Crippen LogP contribution in [0.3, 0.4) is 0 Å². The number of anilines is 1. The summed E-state index contributed by atoms with van der Waals surface area (Å²) in [5.41, 5.74) is 4.52. The molecule has 2 aromatic rings. The van der Waals surface area contributed by atoms with Gasteiger partial charge in [0.1, 0.15) is 0 Å². The van der Waals surface area contributed by atoms with Crippen molar-refractivity contribution < 1.29 is 9.47 Å². The first kappa shape index (κ1) is 12.2. The molecular formula is C14H17N3O2. The number of imidazole rings is 1. The van der Waals surface area contributed by atoms with Gasteiger partial charge in [-0.3, -0.25) is 4.57 Å². The largest absolute Gasteiger partial charge is 0.384 e. The predicted octanol–water partition coefficient (Wildman–Crippen LogP) is 2.13. The van der Waals surface area contributed by atoms with Gasteiger partial charge in [-0.15, -0.1) is 0 Å². The molecule has 1 N–H and O–H groups in total. The lowest BCUT2D eigenvalue weighted by Crippen LogP contribution is -2.09. The highest BCUT2D eigenvalue weighted by Crippen LogP contribution is 2.27. The van der Waals surface area contributed by atoms with Crippen LogP contribution in [-0.2, 0) is 15.9 Å². The number of nitrogens with one attached hydrogen (secondary N) is 1. The summed E-state index contributed by atoms with van der Waals surface area (Å²) in [4.78, 5) is 4.20. The number of fused-ring (bicyclic) bond motifs is 1. The average molecular weight is 259 g/mol. The third-order valence-electron chi connectivity index (χ3n) is 3.41. The summed E-state index contributed by atoms with van der Waals surface area (Å²) in [5, 5.41) is 3.36. The highest BCUT2D eigenvalue weighted by atomic mass is 16.7. The van der Waals surface area contributed by atoms with E-state index in [4.69, 9.17) is 9.47 Å². The van der Waals surface area contributed by atoms with Gasteiger partial charge in [0.2, 0.25) is 6.29 Å². The second-order valence-corrected chi connectivity index (χ2v) is 4.51. The normalized spacial score (nSPS) is 13.6. The lowest BCUT2D eigenvalue weighted by Gasteiger charge is -2.16. The molecular weight excluding hydrogens is 242 g/mol. The maximum absolute atomic E-state index is 5.30. The molecule has 0 saturated carbocycles. The standard InChI is InChI=1S/C14H17N3O2/c1-18-14(19-2)13-8-15-9-17(13)11-3-4-12-10(7-11)5-6-16-12/h3-4,7-9,14,16H,5-6H2,1-2H3. The summed E-state index contributed by atoms with van der Waals surface area (Å²) in [5.74, 6) is 0. The van der Waals surface area contributed by atoms with Crippen LogP contribution in [0.5, 0.6) is 0 Å². The van der Waals surface area contributed by atoms with E-state index in [-0.39, 0.29) is 0 Å². The topological polar surface area (TPSA) is 48.3 Å². The van der Waals surface area contributed by atoms with Crippen molar-refractivity contribution in [3.05, 3.63) is 42.0 Å². The van der Waals surface area contributed by atoms with E-state index in [1.807, 2.05) is 4.57 Å². The number of nitrogens with zero attached hydrogens (tertiary/aromatic N) is 2. The van der Waals surface area contributed by atoms with Crippen molar-refractivity contribution in [3.63, 3.8) is 0 Å². The van der Waals surface area contributed by atoms with Gasteiger partial charge in [-0.25, -0.2) is 4.98 Å². The number of benzene rings is 1. The zero-order valence-electron chi connectivity index (χ0n) is 11.1. The Morgan fingerprint density at radius 3 is 2.95 bits per heavy atom. The molecule has 2 heterocycles. The molecule has 100 valence electrons. The van der Waals surface area contributed by atoms with Crippen molar-refractivity contribution in [2.75, 3.05) is 26.1 Å². The van der Waals surface area contributed by atoms with Crippen LogP contribution in [0.4, 0.5) is 5.69 Å². The van der Waals surface area contributed by atoms with Crippen LogP contribution < -0.4 is 5.32 Å². The molecule has 0 spiro atoms.